The number of rotatable bonds is 14. The lowest BCUT2D eigenvalue weighted by Gasteiger charge is -2.40. The van der Waals surface area contributed by atoms with Crippen LogP contribution in [0.3, 0.4) is 0 Å². The Morgan fingerprint density at radius 1 is 0.816 bits per heavy atom. The maximum atomic E-state index is 12.3. The minimum atomic E-state index is -0.866. The van der Waals surface area contributed by atoms with Crippen molar-refractivity contribution in [2.45, 2.75) is 56.7 Å². The number of hydrogen-bond acceptors (Lipinski definition) is 10. The third-order valence-corrected chi connectivity index (χ3v) is 9.42. The standard InChI is InChI=1S/C33H46N10O6/c44-28(45)19-41-15-24(16-41)39-32(48)35-11-1-4-22-7-8-26-27(10-13-34-30(26)37-22)43-14-2-3-21-5-6-23(38-31(21)43)9-12-36-33(49)40-25-17-42(18-25)20-29(46)47/h5-8,24-25,27H,1-4,9-20H2,(H,34,37)(H,44,45)(H,46,47)(H2,35,39,48)(H2,36,40,49). The van der Waals surface area contributed by atoms with Crippen LogP contribution in [0.15, 0.2) is 24.3 Å². The zero-order valence-corrected chi connectivity index (χ0v) is 27.6. The molecule has 0 radical (unpaired) electrons. The molecule has 4 aliphatic rings. The van der Waals surface area contributed by atoms with Gasteiger partial charge >= 0.3 is 24.0 Å². The largest absolute Gasteiger partial charge is 0.480 e. The number of fused-ring (bicyclic) bond motifs is 2. The summed E-state index contributed by atoms with van der Waals surface area (Å²) in [6.07, 6.45) is 5.02. The molecule has 0 aromatic carbocycles. The monoisotopic (exact) mass is 678 g/mol. The molecule has 49 heavy (non-hydrogen) atoms. The summed E-state index contributed by atoms with van der Waals surface area (Å²) in [6, 6.07) is 8.04. The van der Waals surface area contributed by atoms with E-state index in [1.807, 2.05) is 6.07 Å². The molecule has 0 saturated carbocycles. The second-order valence-electron chi connectivity index (χ2n) is 13.3. The molecule has 1 unspecified atom stereocenters. The van der Waals surface area contributed by atoms with E-state index in [0.29, 0.717) is 45.7 Å². The number of carboxylic acid groups (broad SMARTS) is 2. The lowest BCUT2D eigenvalue weighted by atomic mass is 9.95. The molecule has 2 aromatic heterocycles. The van der Waals surface area contributed by atoms with Crippen molar-refractivity contribution < 1.29 is 29.4 Å². The van der Waals surface area contributed by atoms with Crippen molar-refractivity contribution in [3.05, 3.63) is 46.8 Å². The number of urea groups is 2. The summed E-state index contributed by atoms with van der Waals surface area (Å²) in [5.41, 5.74) is 4.26. The molecule has 2 saturated heterocycles. The average molecular weight is 679 g/mol. The number of aliphatic carboxylic acids is 2. The molecule has 4 aliphatic heterocycles. The van der Waals surface area contributed by atoms with Crippen molar-refractivity contribution in [1.82, 2.24) is 41.0 Å². The van der Waals surface area contributed by atoms with Gasteiger partial charge in [0.15, 0.2) is 0 Å². The minimum absolute atomic E-state index is 0.00523. The van der Waals surface area contributed by atoms with Crippen LogP contribution in [0, 0.1) is 0 Å². The number of hydrogen-bond donors (Lipinski definition) is 7. The van der Waals surface area contributed by atoms with E-state index in [9.17, 15) is 19.2 Å². The van der Waals surface area contributed by atoms with Gasteiger partial charge in [-0.25, -0.2) is 19.6 Å². The lowest BCUT2D eigenvalue weighted by molar-refractivity contribution is -0.140. The summed E-state index contributed by atoms with van der Waals surface area (Å²) in [5, 5.41) is 32.8. The first-order valence-electron chi connectivity index (χ1n) is 17.2. The van der Waals surface area contributed by atoms with Crippen LogP contribution in [0.1, 0.15) is 47.8 Å². The van der Waals surface area contributed by atoms with Crippen LogP contribution in [0.5, 0.6) is 0 Å². The molecule has 7 N–H and O–H groups in total. The normalized spacial score (nSPS) is 19.3. The molecule has 264 valence electrons. The zero-order chi connectivity index (χ0) is 34.3. The fourth-order valence-corrected chi connectivity index (χ4v) is 7.03. The van der Waals surface area contributed by atoms with E-state index in [2.05, 4.69) is 49.7 Å². The van der Waals surface area contributed by atoms with Crippen molar-refractivity contribution in [3.63, 3.8) is 0 Å². The summed E-state index contributed by atoms with van der Waals surface area (Å²) in [6.45, 7) is 4.82. The first-order chi connectivity index (χ1) is 23.7. The van der Waals surface area contributed by atoms with Gasteiger partial charge in [0, 0.05) is 75.7 Å². The number of carbonyl (C=O) groups excluding carboxylic acids is 2. The quantitative estimate of drug-likeness (QED) is 0.136. The summed E-state index contributed by atoms with van der Waals surface area (Å²) >= 11 is 0. The van der Waals surface area contributed by atoms with Crippen molar-refractivity contribution in [2.75, 3.05) is 75.7 Å². The Kier molecular flexibility index (Phi) is 10.9. The molecule has 0 bridgehead atoms. The second kappa shape index (κ2) is 15.7. The fraction of sp³-hybridized carbons (Fsp3) is 0.576. The van der Waals surface area contributed by atoms with Gasteiger partial charge in [0.25, 0.3) is 0 Å². The van der Waals surface area contributed by atoms with Crippen molar-refractivity contribution in [2.24, 2.45) is 0 Å². The van der Waals surface area contributed by atoms with Gasteiger partial charge in [-0.2, -0.15) is 0 Å². The first-order valence-corrected chi connectivity index (χ1v) is 17.2. The van der Waals surface area contributed by atoms with Crippen LogP contribution in [0.2, 0.25) is 0 Å². The Bertz CT molecular complexity index is 1530. The molecule has 2 fully saturated rings. The Balaban J connectivity index is 0.969. The van der Waals surface area contributed by atoms with E-state index < -0.39 is 11.9 Å². The number of nitrogens with zero attached hydrogens (tertiary/aromatic N) is 5. The highest BCUT2D eigenvalue weighted by molar-refractivity contribution is 5.75. The first kappa shape index (κ1) is 34.2. The fourth-order valence-electron chi connectivity index (χ4n) is 7.03. The van der Waals surface area contributed by atoms with Crippen LogP contribution >= 0.6 is 0 Å². The van der Waals surface area contributed by atoms with Crippen LogP contribution in [0.25, 0.3) is 0 Å². The average Bonchev–Trinajstić information content (AvgIpc) is 3.03. The molecular weight excluding hydrogens is 632 g/mol. The minimum Gasteiger partial charge on any atom is -0.480 e. The van der Waals surface area contributed by atoms with Gasteiger partial charge < -0.3 is 41.7 Å². The Morgan fingerprint density at radius 3 is 2.12 bits per heavy atom. The predicted octanol–water partition coefficient (Wildman–Crippen LogP) is 0.397. The number of pyridine rings is 2. The van der Waals surface area contributed by atoms with Crippen molar-refractivity contribution in [3.8, 4) is 0 Å². The Morgan fingerprint density at radius 2 is 1.45 bits per heavy atom. The van der Waals surface area contributed by atoms with Gasteiger partial charge in [-0.15, -0.1) is 0 Å². The van der Waals surface area contributed by atoms with E-state index in [1.165, 1.54) is 5.56 Å². The predicted molar refractivity (Wildman–Crippen MR) is 181 cm³/mol. The molecule has 0 spiro atoms. The van der Waals surface area contributed by atoms with Gasteiger partial charge in [-0.1, -0.05) is 12.1 Å². The van der Waals surface area contributed by atoms with Crippen molar-refractivity contribution >= 4 is 35.6 Å². The summed E-state index contributed by atoms with van der Waals surface area (Å²) in [4.78, 5) is 62.1. The smallest absolute Gasteiger partial charge is 0.317 e. The SMILES string of the molecule is O=C(O)CN1CC(NC(=O)NCCCc2ccc3c(n2)NCCC3N2CCCc3ccc(CCNC(=O)NC4CN(CC(=O)O)C4)nc32)C1. The van der Waals surface area contributed by atoms with Crippen LogP contribution < -0.4 is 31.5 Å². The molecule has 16 heteroatoms. The number of likely N-dealkylation sites (tertiary alicyclic amines) is 2. The summed E-state index contributed by atoms with van der Waals surface area (Å²) in [7, 11) is 0. The number of aromatic nitrogens is 2. The Labute approximate surface area is 285 Å². The maximum Gasteiger partial charge on any atom is 0.317 e. The number of carboxylic acids is 2. The van der Waals surface area contributed by atoms with Crippen molar-refractivity contribution in [1.29, 1.82) is 0 Å². The van der Waals surface area contributed by atoms with Gasteiger partial charge in [-0.05, 0) is 49.8 Å². The lowest BCUT2D eigenvalue weighted by Crippen LogP contribution is -2.61. The number of amides is 4. The van der Waals surface area contributed by atoms with Gasteiger partial charge in [0.2, 0.25) is 0 Å². The number of aryl methyl sites for hydroxylation is 2. The van der Waals surface area contributed by atoms with Gasteiger partial charge in [0.1, 0.15) is 11.6 Å². The summed E-state index contributed by atoms with van der Waals surface area (Å²) in [5.74, 6) is 0.169. The third-order valence-electron chi connectivity index (χ3n) is 9.42. The maximum absolute atomic E-state index is 12.3. The molecule has 2 aromatic rings. The highest BCUT2D eigenvalue weighted by Gasteiger charge is 2.32. The van der Waals surface area contributed by atoms with E-state index >= 15 is 0 Å². The van der Waals surface area contributed by atoms with Crippen LogP contribution in [-0.2, 0) is 28.9 Å². The van der Waals surface area contributed by atoms with E-state index in [4.69, 9.17) is 20.2 Å². The topological polar surface area (TPSA) is 204 Å². The summed E-state index contributed by atoms with van der Waals surface area (Å²) < 4.78 is 0. The second-order valence-corrected chi connectivity index (χ2v) is 13.3. The Hall–Kier alpha value is -4.70. The van der Waals surface area contributed by atoms with E-state index in [1.54, 1.807) is 9.80 Å². The number of anilines is 2. The van der Waals surface area contributed by atoms with E-state index in [0.717, 1.165) is 73.8 Å². The molecule has 6 rings (SSSR count). The van der Waals surface area contributed by atoms with Gasteiger partial charge in [0.05, 0.1) is 31.2 Å². The highest BCUT2D eigenvalue weighted by Crippen LogP contribution is 2.39. The zero-order valence-electron chi connectivity index (χ0n) is 27.6. The highest BCUT2D eigenvalue weighted by atomic mass is 16.4. The molecule has 0 aliphatic carbocycles. The molecule has 4 amide bonds. The van der Waals surface area contributed by atoms with Crippen LogP contribution in [0.4, 0.5) is 21.2 Å². The van der Waals surface area contributed by atoms with Crippen LogP contribution in [-0.4, -0.2) is 132 Å². The number of nitrogens with one attached hydrogen (secondary N) is 5. The van der Waals surface area contributed by atoms with E-state index in [-0.39, 0.29) is 43.3 Å². The molecule has 6 heterocycles. The van der Waals surface area contributed by atoms with Gasteiger partial charge in [-0.3, -0.25) is 19.4 Å². The third kappa shape index (κ3) is 9.06. The molecule has 16 nitrogen and oxygen atoms in total. The number of carbonyl (C=O) groups is 4. The molecule has 1 atom stereocenters. The molecular formula is C33H46N10O6.